The van der Waals surface area contributed by atoms with E-state index in [2.05, 4.69) is 11.4 Å². The molecule has 1 heterocycles. The smallest absolute Gasteiger partial charge is 0.110 e. The molecule has 1 aromatic rings. The van der Waals surface area contributed by atoms with E-state index in [1.54, 1.807) is 6.07 Å². The van der Waals surface area contributed by atoms with Crippen molar-refractivity contribution in [3.63, 3.8) is 0 Å². The van der Waals surface area contributed by atoms with E-state index in [-0.39, 0.29) is 12.5 Å². The Hall–Kier alpha value is -1.77. The number of hydrogen-bond acceptors (Lipinski definition) is 5. The lowest BCUT2D eigenvalue weighted by molar-refractivity contribution is -0.0175. The molecule has 5 nitrogen and oxygen atoms in total. The van der Waals surface area contributed by atoms with Crippen LogP contribution in [0.25, 0.3) is 0 Å². The fourth-order valence-electron chi connectivity index (χ4n) is 2.21. The first kappa shape index (κ1) is 13.7. The highest BCUT2D eigenvalue weighted by molar-refractivity contribution is 5.58. The van der Waals surface area contributed by atoms with Gasteiger partial charge in [0.2, 0.25) is 0 Å². The Morgan fingerprint density at radius 1 is 1.63 bits per heavy atom. The zero-order chi connectivity index (χ0) is 13.9. The van der Waals surface area contributed by atoms with Gasteiger partial charge in [0.15, 0.2) is 0 Å². The zero-order valence-electron chi connectivity index (χ0n) is 11.0. The summed E-state index contributed by atoms with van der Waals surface area (Å²) in [6, 6.07) is 7.55. The number of nitrogen functional groups attached to an aromatic ring is 1. The summed E-state index contributed by atoms with van der Waals surface area (Å²) in [6.07, 6.45) is 0.735. The summed E-state index contributed by atoms with van der Waals surface area (Å²) < 4.78 is 5.39. The van der Waals surface area contributed by atoms with Crippen LogP contribution in [0.2, 0.25) is 0 Å². The number of nitriles is 1. The van der Waals surface area contributed by atoms with Crippen molar-refractivity contribution in [2.24, 2.45) is 0 Å². The van der Waals surface area contributed by atoms with Crippen molar-refractivity contribution >= 4 is 11.4 Å². The summed E-state index contributed by atoms with van der Waals surface area (Å²) in [6.45, 7) is 2.88. The van der Waals surface area contributed by atoms with E-state index >= 15 is 0 Å². The summed E-state index contributed by atoms with van der Waals surface area (Å²) >= 11 is 0. The lowest BCUT2D eigenvalue weighted by Crippen LogP contribution is -2.43. The minimum atomic E-state index is -0.837. The van der Waals surface area contributed by atoms with Crippen molar-refractivity contribution < 1.29 is 9.84 Å². The highest BCUT2D eigenvalue weighted by Crippen LogP contribution is 2.26. The number of benzene rings is 1. The van der Waals surface area contributed by atoms with Gasteiger partial charge in [-0.3, -0.25) is 0 Å². The molecule has 1 aromatic carbocycles. The molecule has 1 aliphatic rings. The van der Waals surface area contributed by atoms with Crippen molar-refractivity contribution in [3.8, 4) is 6.07 Å². The van der Waals surface area contributed by atoms with Crippen LogP contribution >= 0.6 is 0 Å². The Morgan fingerprint density at radius 3 is 3.05 bits per heavy atom. The minimum Gasteiger partial charge on any atom is -0.398 e. The van der Waals surface area contributed by atoms with Crippen LogP contribution < -0.4 is 11.1 Å². The Labute approximate surface area is 113 Å². The number of ether oxygens (including phenoxy) is 1. The molecule has 1 saturated heterocycles. The van der Waals surface area contributed by atoms with E-state index in [1.165, 1.54) is 0 Å². The van der Waals surface area contributed by atoms with Gasteiger partial charge in [-0.15, -0.1) is 0 Å². The van der Waals surface area contributed by atoms with Gasteiger partial charge < -0.3 is 20.9 Å². The summed E-state index contributed by atoms with van der Waals surface area (Å²) in [4.78, 5) is 0. The standard InChI is InChI=1S/C14H19N3O2/c1-10-14(18,5-7-19-10)9-17-12-2-3-13(16)11(8-12)4-6-15/h2-3,8,10,17-18H,4-5,7,9,16H2,1H3. The number of nitrogens with two attached hydrogens (primary N) is 1. The van der Waals surface area contributed by atoms with Crippen molar-refractivity contribution in [2.75, 3.05) is 24.2 Å². The number of hydrogen-bond donors (Lipinski definition) is 3. The zero-order valence-corrected chi connectivity index (χ0v) is 11.0. The van der Waals surface area contributed by atoms with Gasteiger partial charge >= 0.3 is 0 Å². The summed E-state index contributed by atoms with van der Waals surface area (Å²) in [7, 11) is 0. The molecule has 0 aromatic heterocycles. The van der Waals surface area contributed by atoms with Crippen LogP contribution in [-0.4, -0.2) is 30.0 Å². The Morgan fingerprint density at radius 2 is 2.42 bits per heavy atom. The molecular formula is C14H19N3O2. The average molecular weight is 261 g/mol. The fourth-order valence-corrected chi connectivity index (χ4v) is 2.21. The van der Waals surface area contributed by atoms with E-state index < -0.39 is 5.60 Å². The third kappa shape index (κ3) is 2.98. The maximum atomic E-state index is 10.4. The summed E-state index contributed by atoms with van der Waals surface area (Å²) in [5, 5.41) is 22.3. The third-order valence-electron chi connectivity index (χ3n) is 3.67. The van der Waals surface area contributed by atoms with Crippen LogP contribution in [0.1, 0.15) is 18.9 Å². The number of rotatable bonds is 4. The molecule has 0 radical (unpaired) electrons. The second-order valence-corrected chi connectivity index (χ2v) is 4.97. The van der Waals surface area contributed by atoms with Crippen molar-refractivity contribution in [2.45, 2.75) is 31.5 Å². The molecule has 2 unspecified atom stereocenters. The first-order valence-corrected chi connectivity index (χ1v) is 6.38. The fraction of sp³-hybridized carbons (Fsp3) is 0.500. The normalized spacial score (nSPS) is 26.1. The van der Waals surface area contributed by atoms with E-state index in [9.17, 15) is 5.11 Å². The van der Waals surface area contributed by atoms with Crippen LogP contribution in [0, 0.1) is 11.3 Å². The SMILES string of the molecule is CC1OCCC1(O)CNc1ccc(N)c(CC#N)c1. The van der Waals surface area contributed by atoms with Crippen molar-refractivity contribution in [3.05, 3.63) is 23.8 Å². The Bertz CT molecular complexity index is 498. The average Bonchev–Trinajstić information content (AvgIpc) is 2.71. The number of aliphatic hydroxyl groups is 1. The van der Waals surface area contributed by atoms with Crippen LogP contribution in [0.3, 0.4) is 0 Å². The van der Waals surface area contributed by atoms with Gasteiger partial charge in [0.05, 0.1) is 18.6 Å². The molecule has 1 aliphatic heterocycles. The monoisotopic (exact) mass is 261 g/mol. The summed E-state index contributed by atoms with van der Waals surface area (Å²) in [5.74, 6) is 0. The van der Waals surface area contributed by atoms with E-state index in [1.807, 2.05) is 19.1 Å². The molecule has 0 bridgehead atoms. The third-order valence-corrected chi connectivity index (χ3v) is 3.67. The van der Waals surface area contributed by atoms with Crippen LogP contribution in [-0.2, 0) is 11.2 Å². The van der Waals surface area contributed by atoms with E-state index in [0.717, 1.165) is 11.3 Å². The molecule has 2 rings (SSSR count). The molecule has 0 saturated carbocycles. The van der Waals surface area contributed by atoms with Crippen molar-refractivity contribution in [1.29, 1.82) is 5.26 Å². The molecule has 1 fully saturated rings. The van der Waals surface area contributed by atoms with Crippen molar-refractivity contribution in [1.82, 2.24) is 0 Å². The Balaban J connectivity index is 2.04. The largest absolute Gasteiger partial charge is 0.398 e. The number of nitrogens with zero attached hydrogens (tertiary/aromatic N) is 1. The maximum Gasteiger partial charge on any atom is 0.110 e. The molecule has 102 valence electrons. The number of nitrogens with one attached hydrogen (secondary N) is 1. The predicted molar refractivity (Wildman–Crippen MR) is 73.6 cm³/mol. The Kier molecular flexibility index (Phi) is 3.93. The van der Waals surface area contributed by atoms with Gasteiger partial charge in [0.1, 0.15) is 5.60 Å². The first-order valence-electron chi connectivity index (χ1n) is 6.38. The topological polar surface area (TPSA) is 91.3 Å². The van der Waals surface area contributed by atoms with Gasteiger partial charge in [-0.25, -0.2) is 0 Å². The molecule has 2 atom stereocenters. The second kappa shape index (κ2) is 5.47. The molecule has 19 heavy (non-hydrogen) atoms. The maximum absolute atomic E-state index is 10.4. The van der Waals surface area contributed by atoms with Crippen LogP contribution in [0.15, 0.2) is 18.2 Å². The highest BCUT2D eigenvalue weighted by Gasteiger charge is 2.39. The van der Waals surface area contributed by atoms with E-state index in [4.69, 9.17) is 15.7 Å². The van der Waals surface area contributed by atoms with Crippen LogP contribution in [0.5, 0.6) is 0 Å². The minimum absolute atomic E-state index is 0.174. The van der Waals surface area contributed by atoms with Gasteiger partial charge in [-0.05, 0) is 30.7 Å². The molecule has 0 aliphatic carbocycles. The highest BCUT2D eigenvalue weighted by atomic mass is 16.5. The molecule has 0 amide bonds. The van der Waals surface area contributed by atoms with Gasteiger partial charge in [0.25, 0.3) is 0 Å². The molecule has 0 spiro atoms. The first-order chi connectivity index (χ1) is 9.05. The molecule has 5 heteroatoms. The molecule has 4 N–H and O–H groups in total. The van der Waals surface area contributed by atoms with E-state index in [0.29, 0.717) is 25.3 Å². The lowest BCUT2D eigenvalue weighted by atomic mass is 9.96. The summed E-state index contributed by atoms with van der Waals surface area (Å²) in [5.41, 5.74) is 7.23. The molecular weight excluding hydrogens is 242 g/mol. The van der Waals surface area contributed by atoms with Gasteiger partial charge in [-0.2, -0.15) is 5.26 Å². The van der Waals surface area contributed by atoms with Crippen LogP contribution in [0.4, 0.5) is 11.4 Å². The predicted octanol–water partition coefficient (Wildman–Crippen LogP) is 1.29. The van der Waals surface area contributed by atoms with Gasteiger partial charge in [0, 0.05) is 30.9 Å². The van der Waals surface area contributed by atoms with Gasteiger partial charge in [-0.1, -0.05) is 0 Å². The lowest BCUT2D eigenvalue weighted by Gasteiger charge is -2.26. The quantitative estimate of drug-likeness (QED) is 0.710. The second-order valence-electron chi connectivity index (χ2n) is 4.97. The number of anilines is 2.